The molecule has 1 aliphatic rings. The second-order valence-corrected chi connectivity index (χ2v) is 7.43. The number of sulfonamides is 1. The van der Waals surface area contributed by atoms with Gasteiger partial charge >= 0.3 is 0 Å². The fourth-order valence-corrected chi connectivity index (χ4v) is 4.17. The van der Waals surface area contributed by atoms with Crippen LogP contribution in [0, 0.1) is 5.82 Å². The Balaban J connectivity index is 2.23. The Labute approximate surface area is 125 Å². The van der Waals surface area contributed by atoms with Gasteiger partial charge in [0, 0.05) is 19.1 Å². The molecule has 0 saturated carbocycles. The molecule has 5 nitrogen and oxygen atoms in total. The second kappa shape index (κ2) is 6.39. The van der Waals surface area contributed by atoms with Gasteiger partial charge in [-0.25, -0.2) is 12.8 Å². The van der Waals surface area contributed by atoms with Crippen LogP contribution >= 0.6 is 0 Å². The van der Waals surface area contributed by atoms with Gasteiger partial charge in [-0.2, -0.15) is 4.31 Å². The van der Waals surface area contributed by atoms with Crippen LogP contribution in [0.4, 0.5) is 4.39 Å². The molecule has 0 aromatic heterocycles. The quantitative estimate of drug-likeness (QED) is 0.901. The van der Waals surface area contributed by atoms with Crippen molar-refractivity contribution in [3.63, 3.8) is 0 Å². The van der Waals surface area contributed by atoms with Gasteiger partial charge in [0.2, 0.25) is 10.0 Å². The topological polar surface area (TPSA) is 60.9 Å². The first-order valence-corrected chi connectivity index (χ1v) is 8.36. The Morgan fingerprint density at radius 1 is 1.33 bits per heavy atom. The number of nitrogens with zero attached hydrogens (tertiary/aromatic N) is 2. The van der Waals surface area contributed by atoms with Crippen LogP contribution < -0.4 is 0 Å². The van der Waals surface area contributed by atoms with Gasteiger partial charge in [0.05, 0.1) is 6.61 Å². The number of hydrogen-bond donors (Lipinski definition) is 1. The fourth-order valence-electron chi connectivity index (χ4n) is 2.58. The summed E-state index contributed by atoms with van der Waals surface area (Å²) in [6.45, 7) is 0.452. The molecule has 2 rings (SSSR count). The Bertz CT molecular complexity index is 596. The Kier molecular flexibility index (Phi) is 4.98. The minimum absolute atomic E-state index is 0.314. The van der Waals surface area contributed by atoms with Crippen molar-refractivity contribution in [3.8, 4) is 0 Å². The molecular weight excluding hydrogens is 295 g/mol. The maximum Gasteiger partial charge on any atom is 0.245 e. The van der Waals surface area contributed by atoms with Crippen LogP contribution in [-0.2, 0) is 16.6 Å². The van der Waals surface area contributed by atoms with E-state index in [1.54, 1.807) is 0 Å². The molecule has 0 atom stereocenters. The van der Waals surface area contributed by atoms with Crippen molar-refractivity contribution >= 4 is 10.0 Å². The monoisotopic (exact) mass is 316 g/mol. The predicted octanol–water partition coefficient (Wildman–Crippen LogP) is 1.03. The van der Waals surface area contributed by atoms with E-state index in [1.165, 1.54) is 16.4 Å². The highest BCUT2D eigenvalue weighted by atomic mass is 32.2. The van der Waals surface area contributed by atoms with E-state index in [-0.39, 0.29) is 11.5 Å². The van der Waals surface area contributed by atoms with Crippen molar-refractivity contribution in [3.05, 3.63) is 29.6 Å². The molecule has 1 aliphatic heterocycles. The maximum atomic E-state index is 13.9. The van der Waals surface area contributed by atoms with Crippen LogP contribution in [0.25, 0.3) is 0 Å². The van der Waals surface area contributed by atoms with Crippen LogP contribution in [0.3, 0.4) is 0 Å². The summed E-state index contributed by atoms with van der Waals surface area (Å²) in [7, 11) is 0.0972. The Hall–Kier alpha value is -1.02. The van der Waals surface area contributed by atoms with Crippen LogP contribution in [0.15, 0.2) is 23.1 Å². The van der Waals surface area contributed by atoms with Crippen molar-refractivity contribution in [2.75, 3.05) is 27.2 Å². The van der Waals surface area contributed by atoms with Crippen molar-refractivity contribution in [2.24, 2.45) is 0 Å². The fraction of sp³-hybridized carbons (Fsp3) is 0.571. The lowest BCUT2D eigenvalue weighted by molar-refractivity contribution is 0.196. The summed E-state index contributed by atoms with van der Waals surface area (Å²) in [6.07, 6.45) is 1.46. The molecule has 0 bridgehead atoms. The average molecular weight is 316 g/mol. The highest BCUT2D eigenvalue weighted by Gasteiger charge is 2.31. The SMILES string of the molecule is CN(C)C1CCN(S(=O)(=O)c2cc(CO)ccc2F)CC1. The normalized spacial score (nSPS) is 18.3. The molecule has 0 unspecified atom stereocenters. The van der Waals surface area contributed by atoms with Crippen molar-refractivity contribution in [1.29, 1.82) is 0 Å². The summed E-state index contributed by atoms with van der Waals surface area (Å²) < 4.78 is 40.3. The zero-order valence-corrected chi connectivity index (χ0v) is 13.1. The van der Waals surface area contributed by atoms with E-state index in [0.717, 1.165) is 18.9 Å². The van der Waals surface area contributed by atoms with Gasteiger partial charge in [-0.05, 0) is 44.6 Å². The summed E-state index contributed by atoms with van der Waals surface area (Å²) >= 11 is 0. The van der Waals surface area contributed by atoms with Crippen molar-refractivity contribution in [2.45, 2.75) is 30.4 Å². The van der Waals surface area contributed by atoms with Crippen LogP contribution in [0.2, 0.25) is 0 Å². The van der Waals surface area contributed by atoms with Gasteiger partial charge in [-0.3, -0.25) is 0 Å². The number of rotatable bonds is 4. The zero-order chi connectivity index (χ0) is 15.6. The molecule has 1 N–H and O–H groups in total. The Morgan fingerprint density at radius 2 is 1.95 bits per heavy atom. The molecule has 1 heterocycles. The van der Waals surface area contributed by atoms with Crippen molar-refractivity contribution in [1.82, 2.24) is 9.21 Å². The second-order valence-electron chi connectivity index (χ2n) is 5.52. The van der Waals surface area contributed by atoms with Gasteiger partial charge in [0.25, 0.3) is 0 Å². The molecule has 1 aromatic rings. The number of halogens is 1. The van der Waals surface area contributed by atoms with Gasteiger partial charge in [-0.1, -0.05) is 6.07 Å². The first-order chi connectivity index (χ1) is 9.86. The third-order valence-electron chi connectivity index (χ3n) is 3.95. The minimum atomic E-state index is -3.85. The highest BCUT2D eigenvalue weighted by molar-refractivity contribution is 7.89. The number of aliphatic hydroxyl groups is 1. The molecule has 1 fully saturated rings. The number of aliphatic hydroxyl groups excluding tert-OH is 1. The molecule has 1 aromatic carbocycles. The molecule has 118 valence electrons. The predicted molar refractivity (Wildman–Crippen MR) is 77.8 cm³/mol. The highest BCUT2D eigenvalue weighted by Crippen LogP contribution is 2.25. The summed E-state index contributed by atoms with van der Waals surface area (Å²) in [5.41, 5.74) is 0.387. The third kappa shape index (κ3) is 3.42. The smallest absolute Gasteiger partial charge is 0.245 e. The van der Waals surface area contributed by atoms with E-state index < -0.39 is 15.8 Å². The lowest BCUT2D eigenvalue weighted by Crippen LogP contribution is -2.44. The number of piperidine rings is 1. The van der Waals surface area contributed by atoms with Crippen LogP contribution in [-0.4, -0.2) is 56.0 Å². The van der Waals surface area contributed by atoms with Crippen LogP contribution in [0.5, 0.6) is 0 Å². The number of hydrogen-bond acceptors (Lipinski definition) is 4. The largest absolute Gasteiger partial charge is 0.392 e. The van der Waals surface area contributed by atoms with Gasteiger partial charge in [-0.15, -0.1) is 0 Å². The zero-order valence-electron chi connectivity index (χ0n) is 12.3. The van der Waals surface area contributed by atoms with E-state index in [1.807, 2.05) is 14.1 Å². The van der Waals surface area contributed by atoms with E-state index in [2.05, 4.69) is 4.90 Å². The van der Waals surface area contributed by atoms with Gasteiger partial charge in [0.15, 0.2) is 0 Å². The summed E-state index contributed by atoms with van der Waals surface area (Å²) in [5.74, 6) is -0.776. The molecule has 1 saturated heterocycles. The molecule has 0 radical (unpaired) electrons. The average Bonchev–Trinajstić information content (AvgIpc) is 2.47. The van der Waals surface area contributed by atoms with E-state index >= 15 is 0 Å². The van der Waals surface area contributed by atoms with Crippen molar-refractivity contribution < 1.29 is 17.9 Å². The lowest BCUT2D eigenvalue weighted by Gasteiger charge is -2.34. The van der Waals surface area contributed by atoms with E-state index in [0.29, 0.717) is 24.7 Å². The van der Waals surface area contributed by atoms with Gasteiger partial charge in [0.1, 0.15) is 10.7 Å². The molecule has 0 spiro atoms. The molecule has 21 heavy (non-hydrogen) atoms. The van der Waals surface area contributed by atoms with E-state index in [9.17, 15) is 12.8 Å². The first-order valence-electron chi connectivity index (χ1n) is 6.92. The minimum Gasteiger partial charge on any atom is -0.392 e. The van der Waals surface area contributed by atoms with E-state index in [4.69, 9.17) is 5.11 Å². The first kappa shape index (κ1) is 16.4. The molecule has 7 heteroatoms. The van der Waals surface area contributed by atoms with Gasteiger partial charge < -0.3 is 10.0 Å². The maximum absolute atomic E-state index is 13.9. The summed E-state index contributed by atoms with van der Waals surface area (Å²) in [4.78, 5) is 1.73. The summed E-state index contributed by atoms with van der Waals surface area (Å²) in [6, 6.07) is 4.03. The molecule has 0 amide bonds. The third-order valence-corrected chi connectivity index (χ3v) is 5.86. The van der Waals surface area contributed by atoms with Crippen LogP contribution in [0.1, 0.15) is 18.4 Å². The summed E-state index contributed by atoms with van der Waals surface area (Å²) in [5, 5.41) is 9.09. The lowest BCUT2D eigenvalue weighted by atomic mass is 10.1. The number of benzene rings is 1. The Morgan fingerprint density at radius 3 is 2.48 bits per heavy atom. The molecule has 0 aliphatic carbocycles. The standard InChI is InChI=1S/C14H21FN2O3S/c1-16(2)12-5-7-17(8-6-12)21(19,20)14-9-11(10-18)3-4-13(14)15/h3-4,9,12,18H,5-8,10H2,1-2H3. The molecular formula is C14H21FN2O3S.